The molecule has 5 heteroatoms. The van der Waals surface area contributed by atoms with Gasteiger partial charge in [0.25, 0.3) is 5.56 Å². The first-order chi connectivity index (χ1) is 10.7. The van der Waals surface area contributed by atoms with Gasteiger partial charge in [-0.05, 0) is 17.7 Å². The Labute approximate surface area is 125 Å². The van der Waals surface area contributed by atoms with Gasteiger partial charge in [-0.15, -0.1) is 0 Å². The average molecular weight is 291 g/mol. The van der Waals surface area contributed by atoms with E-state index in [1.54, 1.807) is 12.3 Å². The summed E-state index contributed by atoms with van der Waals surface area (Å²) >= 11 is 0. The van der Waals surface area contributed by atoms with Crippen molar-refractivity contribution in [1.82, 2.24) is 14.3 Å². The number of para-hydroxylation sites is 1. The summed E-state index contributed by atoms with van der Waals surface area (Å²) in [7, 11) is 0. The van der Waals surface area contributed by atoms with Crippen LogP contribution in [-0.4, -0.2) is 19.5 Å². The van der Waals surface area contributed by atoms with Crippen molar-refractivity contribution < 1.29 is 5.21 Å². The van der Waals surface area contributed by atoms with E-state index in [4.69, 9.17) is 0 Å². The molecule has 0 saturated heterocycles. The summed E-state index contributed by atoms with van der Waals surface area (Å²) in [6, 6.07) is 13.2. The van der Waals surface area contributed by atoms with Crippen LogP contribution in [0, 0.1) is 0 Å². The minimum Gasteiger partial charge on any atom is -0.425 e. The van der Waals surface area contributed by atoms with E-state index in [-0.39, 0.29) is 0 Å². The predicted molar refractivity (Wildman–Crippen MR) is 84.2 cm³/mol. The SMILES string of the molecule is O=c1ccc(Cn2c3ccccc3c3ccncc32)cn1O. The number of rotatable bonds is 2. The van der Waals surface area contributed by atoms with Crippen molar-refractivity contribution in [3.63, 3.8) is 0 Å². The second-order valence-corrected chi connectivity index (χ2v) is 5.22. The quantitative estimate of drug-likeness (QED) is 0.578. The van der Waals surface area contributed by atoms with Crippen molar-refractivity contribution in [3.8, 4) is 0 Å². The van der Waals surface area contributed by atoms with E-state index in [1.165, 1.54) is 12.3 Å². The maximum absolute atomic E-state index is 11.3. The number of aromatic nitrogens is 3. The van der Waals surface area contributed by atoms with E-state index in [2.05, 4.69) is 21.7 Å². The van der Waals surface area contributed by atoms with Gasteiger partial charge < -0.3 is 9.77 Å². The smallest absolute Gasteiger partial charge is 0.282 e. The summed E-state index contributed by atoms with van der Waals surface area (Å²) in [6.07, 6.45) is 5.07. The van der Waals surface area contributed by atoms with E-state index in [9.17, 15) is 10.0 Å². The number of hydrogen-bond donors (Lipinski definition) is 1. The van der Waals surface area contributed by atoms with Gasteiger partial charge in [-0.2, -0.15) is 4.73 Å². The van der Waals surface area contributed by atoms with Crippen molar-refractivity contribution in [1.29, 1.82) is 0 Å². The standard InChI is InChI=1S/C17H13N3O2/c21-17-6-5-12(11-20(17)22)10-19-15-4-2-1-3-13(15)14-7-8-18-9-16(14)19/h1-9,11,22H,10H2. The minimum absolute atomic E-state index is 0.437. The Morgan fingerprint density at radius 3 is 2.68 bits per heavy atom. The fourth-order valence-electron chi connectivity index (χ4n) is 2.86. The van der Waals surface area contributed by atoms with Crippen LogP contribution < -0.4 is 5.56 Å². The Balaban J connectivity index is 1.96. The number of pyridine rings is 2. The van der Waals surface area contributed by atoms with Crippen LogP contribution in [0.3, 0.4) is 0 Å². The molecule has 4 aromatic rings. The fraction of sp³-hybridized carbons (Fsp3) is 0.0588. The van der Waals surface area contributed by atoms with Gasteiger partial charge in [0.2, 0.25) is 0 Å². The lowest BCUT2D eigenvalue weighted by molar-refractivity contribution is 0.174. The highest BCUT2D eigenvalue weighted by molar-refractivity contribution is 6.07. The summed E-state index contributed by atoms with van der Waals surface area (Å²) in [5, 5.41) is 11.8. The van der Waals surface area contributed by atoms with Crippen LogP contribution in [-0.2, 0) is 6.54 Å². The number of hydrogen-bond acceptors (Lipinski definition) is 3. The molecule has 0 aliphatic carbocycles. The van der Waals surface area contributed by atoms with E-state index >= 15 is 0 Å². The number of fused-ring (bicyclic) bond motifs is 3. The van der Waals surface area contributed by atoms with E-state index in [0.717, 1.165) is 27.4 Å². The molecule has 0 spiro atoms. The highest BCUT2D eigenvalue weighted by Crippen LogP contribution is 2.28. The molecule has 3 heterocycles. The maximum atomic E-state index is 11.3. The van der Waals surface area contributed by atoms with Crippen LogP contribution in [0.4, 0.5) is 0 Å². The fourth-order valence-corrected chi connectivity index (χ4v) is 2.86. The zero-order valence-electron chi connectivity index (χ0n) is 11.7. The molecule has 0 aliphatic heterocycles. The van der Waals surface area contributed by atoms with Crippen molar-refractivity contribution in [2.24, 2.45) is 0 Å². The first-order valence-corrected chi connectivity index (χ1v) is 6.96. The molecule has 1 N–H and O–H groups in total. The molecule has 1 aromatic carbocycles. The van der Waals surface area contributed by atoms with Crippen molar-refractivity contribution >= 4 is 21.8 Å². The molecule has 0 fully saturated rings. The average Bonchev–Trinajstić information content (AvgIpc) is 2.86. The summed E-state index contributed by atoms with van der Waals surface area (Å²) in [5.74, 6) is 0. The van der Waals surface area contributed by atoms with Crippen molar-refractivity contribution in [2.45, 2.75) is 6.54 Å². The molecular weight excluding hydrogens is 278 g/mol. The van der Waals surface area contributed by atoms with Crippen molar-refractivity contribution in [3.05, 3.63) is 77.0 Å². The highest BCUT2D eigenvalue weighted by atomic mass is 16.5. The summed E-state index contributed by atoms with van der Waals surface area (Å²) in [6.45, 7) is 0.552. The van der Waals surface area contributed by atoms with Gasteiger partial charge in [0.1, 0.15) is 0 Å². The highest BCUT2D eigenvalue weighted by Gasteiger charge is 2.10. The van der Waals surface area contributed by atoms with Gasteiger partial charge in [0, 0.05) is 35.1 Å². The second-order valence-electron chi connectivity index (χ2n) is 5.22. The normalized spacial score (nSPS) is 11.3. The second kappa shape index (κ2) is 4.73. The number of benzene rings is 1. The van der Waals surface area contributed by atoms with Gasteiger partial charge in [-0.3, -0.25) is 9.78 Å². The van der Waals surface area contributed by atoms with Crippen LogP contribution in [0.25, 0.3) is 21.8 Å². The first kappa shape index (κ1) is 12.6. The van der Waals surface area contributed by atoms with Crippen molar-refractivity contribution in [2.75, 3.05) is 0 Å². The molecule has 0 saturated carbocycles. The lowest BCUT2D eigenvalue weighted by Gasteiger charge is -2.08. The van der Waals surface area contributed by atoms with Gasteiger partial charge in [-0.25, -0.2) is 0 Å². The lowest BCUT2D eigenvalue weighted by atomic mass is 10.2. The van der Waals surface area contributed by atoms with Gasteiger partial charge in [-0.1, -0.05) is 24.3 Å². The molecule has 108 valence electrons. The molecule has 0 unspecified atom stereocenters. The Kier molecular flexibility index (Phi) is 2.72. The number of nitrogens with zero attached hydrogens (tertiary/aromatic N) is 3. The lowest BCUT2D eigenvalue weighted by Crippen LogP contribution is -2.16. The molecule has 4 rings (SSSR count). The molecule has 0 atom stereocenters. The predicted octanol–water partition coefficient (Wildman–Crippen LogP) is 2.64. The Morgan fingerprint density at radius 1 is 1.00 bits per heavy atom. The molecule has 3 aromatic heterocycles. The first-order valence-electron chi connectivity index (χ1n) is 6.96. The zero-order chi connectivity index (χ0) is 15.1. The van der Waals surface area contributed by atoms with E-state index in [1.807, 2.05) is 24.4 Å². The topological polar surface area (TPSA) is 60.0 Å². The van der Waals surface area contributed by atoms with E-state index < -0.39 is 5.56 Å². The Bertz CT molecular complexity index is 993. The summed E-state index contributed by atoms with van der Waals surface area (Å²) in [5.41, 5.74) is 2.53. The van der Waals surface area contributed by atoms with Crippen LogP contribution in [0.1, 0.15) is 5.56 Å². The molecular formula is C17H13N3O2. The van der Waals surface area contributed by atoms with Crippen LogP contribution >= 0.6 is 0 Å². The molecule has 0 amide bonds. The monoisotopic (exact) mass is 291 g/mol. The summed E-state index contributed by atoms with van der Waals surface area (Å²) < 4.78 is 2.75. The maximum Gasteiger partial charge on any atom is 0.282 e. The molecule has 0 bridgehead atoms. The van der Waals surface area contributed by atoms with E-state index in [0.29, 0.717) is 11.3 Å². The Hall–Kier alpha value is -3.08. The molecule has 0 radical (unpaired) electrons. The zero-order valence-corrected chi connectivity index (χ0v) is 11.7. The van der Waals surface area contributed by atoms with Crippen LogP contribution in [0.15, 0.2) is 65.8 Å². The third kappa shape index (κ3) is 1.87. The molecule has 22 heavy (non-hydrogen) atoms. The van der Waals surface area contributed by atoms with Gasteiger partial charge in [0.15, 0.2) is 0 Å². The molecule has 5 nitrogen and oxygen atoms in total. The largest absolute Gasteiger partial charge is 0.425 e. The Morgan fingerprint density at radius 2 is 1.82 bits per heavy atom. The van der Waals surface area contributed by atoms with Gasteiger partial charge in [0.05, 0.1) is 17.9 Å². The minimum atomic E-state index is -0.437. The van der Waals surface area contributed by atoms with Crippen LogP contribution in [0.5, 0.6) is 0 Å². The third-order valence-electron chi connectivity index (χ3n) is 3.87. The van der Waals surface area contributed by atoms with Crippen LogP contribution in [0.2, 0.25) is 0 Å². The summed E-state index contributed by atoms with van der Waals surface area (Å²) in [4.78, 5) is 15.5. The molecule has 0 aliphatic rings. The third-order valence-corrected chi connectivity index (χ3v) is 3.87. The van der Waals surface area contributed by atoms with Gasteiger partial charge >= 0.3 is 0 Å².